The molecule has 0 spiro atoms. The number of hydrogen-bond acceptors (Lipinski definition) is 5. The van der Waals surface area contributed by atoms with Gasteiger partial charge in [0, 0.05) is 6.04 Å². The van der Waals surface area contributed by atoms with Crippen LogP contribution < -0.4 is 10.1 Å². The molecular formula is C13H21ClN4O. The molecular weight excluding hydrogens is 264 g/mol. The second-order valence-electron chi connectivity index (χ2n) is 5.10. The first-order chi connectivity index (χ1) is 9.17. The zero-order valence-corrected chi connectivity index (χ0v) is 12.3. The minimum atomic E-state index is 0.169. The molecule has 2 atom stereocenters. The number of nitrogens with one attached hydrogen (secondary N) is 1. The summed E-state index contributed by atoms with van der Waals surface area (Å²) in [4.78, 5) is 12.3. The Hall–Kier alpha value is -1.10. The lowest BCUT2D eigenvalue weighted by atomic mass is 10.0. The number of anilines is 1. The van der Waals surface area contributed by atoms with E-state index in [0.717, 1.165) is 18.8 Å². The van der Waals surface area contributed by atoms with Gasteiger partial charge in [-0.25, -0.2) is 0 Å². The maximum Gasteiger partial charge on any atom is 0.322 e. The van der Waals surface area contributed by atoms with E-state index in [-0.39, 0.29) is 11.3 Å². The van der Waals surface area contributed by atoms with Crippen molar-refractivity contribution >= 4 is 17.5 Å². The Balaban J connectivity index is 2.01. The average Bonchev–Trinajstić information content (AvgIpc) is 2.54. The molecule has 1 saturated carbocycles. The second-order valence-corrected chi connectivity index (χ2v) is 5.44. The van der Waals surface area contributed by atoms with Crippen molar-refractivity contribution in [3.63, 3.8) is 0 Å². The predicted molar refractivity (Wildman–Crippen MR) is 75.7 cm³/mol. The van der Waals surface area contributed by atoms with Crippen LogP contribution in [0, 0.1) is 5.92 Å². The van der Waals surface area contributed by atoms with Crippen molar-refractivity contribution in [1.82, 2.24) is 15.0 Å². The van der Waals surface area contributed by atoms with Gasteiger partial charge < -0.3 is 10.1 Å². The molecule has 0 saturated heterocycles. The maximum atomic E-state index is 5.88. The van der Waals surface area contributed by atoms with Gasteiger partial charge in [0.1, 0.15) is 0 Å². The summed E-state index contributed by atoms with van der Waals surface area (Å²) in [5.74, 6) is 1.33. The Morgan fingerprint density at radius 3 is 2.84 bits per heavy atom. The van der Waals surface area contributed by atoms with E-state index in [1.54, 1.807) is 0 Å². The Labute approximate surface area is 119 Å². The number of aromatic nitrogens is 3. The van der Waals surface area contributed by atoms with E-state index >= 15 is 0 Å². The topological polar surface area (TPSA) is 59.9 Å². The van der Waals surface area contributed by atoms with Crippen molar-refractivity contribution in [1.29, 1.82) is 0 Å². The molecule has 0 aliphatic heterocycles. The fraction of sp³-hybridized carbons (Fsp3) is 0.769. The Morgan fingerprint density at radius 2 is 2.05 bits per heavy atom. The van der Waals surface area contributed by atoms with E-state index in [0.29, 0.717) is 18.6 Å². The minimum absolute atomic E-state index is 0.169. The first-order valence-electron chi connectivity index (χ1n) is 6.98. The lowest BCUT2D eigenvalue weighted by Crippen LogP contribution is -2.20. The summed E-state index contributed by atoms with van der Waals surface area (Å²) >= 11 is 5.88. The van der Waals surface area contributed by atoms with Crippen LogP contribution in [0.15, 0.2) is 0 Å². The SMILES string of the molecule is CCOc1nc(Cl)nc(NC2CCCC(C)CC2)n1. The van der Waals surface area contributed by atoms with E-state index in [4.69, 9.17) is 16.3 Å². The maximum absolute atomic E-state index is 5.88. The van der Waals surface area contributed by atoms with Crippen LogP contribution >= 0.6 is 11.6 Å². The Morgan fingerprint density at radius 1 is 1.21 bits per heavy atom. The van der Waals surface area contributed by atoms with Gasteiger partial charge in [0.2, 0.25) is 11.2 Å². The summed E-state index contributed by atoms with van der Waals surface area (Å²) in [7, 11) is 0. The minimum Gasteiger partial charge on any atom is -0.464 e. The highest BCUT2D eigenvalue weighted by Gasteiger charge is 2.17. The largest absolute Gasteiger partial charge is 0.464 e. The molecule has 1 fully saturated rings. The average molecular weight is 285 g/mol. The number of nitrogens with zero attached hydrogens (tertiary/aromatic N) is 3. The van der Waals surface area contributed by atoms with Gasteiger partial charge in [-0.1, -0.05) is 19.8 Å². The number of hydrogen-bond donors (Lipinski definition) is 1. The lowest BCUT2D eigenvalue weighted by Gasteiger charge is -2.16. The van der Waals surface area contributed by atoms with Crippen molar-refractivity contribution < 1.29 is 4.74 Å². The third-order valence-electron chi connectivity index (χ3n) is 3.45. The Kier molecular flexibility index (Phi) is 5.19. The van der Waals surface area contributed by atoms with Crippen molar-refractivity contribution in [3.8, 4) is 6.01 Å². The van der Waals surface area contributed by atoms with Gasteiger partial charge in [0.25, 0.3) is 0 Å². The molecule has 1 aromatic rings. The van der Waals surface area contributed by atoms with Crippen LogP contribution in [0.25, 0.3) is 0 Å². The second kappa shape index (κ2) is 6.89. The van der Waals surface area contributed by atoms with Crippen LogP contribution in [0.4, 0.5) is 5.95 Å². The molecule has 19 heavy (non-hydrogen) atoms. The van der Waals surface area contributed by atoms with Gasteiger partial charge >= 0.3 is 6.01 Å². The van der Waals surface area contributed by atoms with E-state index in [2.05, 4.69) is 27.2 Å². The van der Waals surface area contributed by atoms with Gasteiger partial charge in [0.05, 0.1) is 6.61 Å². The van der Waals surface area contributed by atoms with Crippen LogP contribution in [-0.2, 0) is 0 Å². The lowest BCUT2D eigenvalue weighted by molar-refractivity contribution is 0.311. The number of rotatable bonds is 4. The van der Waals surface area contributed by atoms with Crippen LogP contribution in [0.1, 0.15) is 46.0 Å². The molecule has 0 radical (unpaired) electrons. The van der Waals surface area contributed by atoms with Gasteiger partial charge in [0.15, 0.2) is 0 Å². The van der Waals surface area contributed by atoms with Crippen LogP contribution in [0.5, 0.6) is 6.01 Å². The molecule has 0 bridgehead atoms. The summed E-state index contributed by atoms with van der Waals surface area (Å²) in [5.41, 5.74) is 0. The third kappa shape index (κ3) is 4.49. The van der Waals surface area contributed by atoms with Crippen molar-refractivity contribution in [2.75, 3.05) is 11.9 Å². The van der Waals surface area contributed by atoms with Crippen molar-refractivity contribution in [2.24, 2.45) is 5.92 Å². The molecule has 6 heteroatoms. The monoisotopic (exact) mass is 284 g/mol. The molecule has 1 N–H and O–H groups in total. The first-order valence-corrected chi connectivity index (χ1v) is 7.36. The van der Waals surface area contributed by atoms with Crippen LogP contribution in [0.3, 0.4) is 0 Å². The molecule has 5 nitrogen and oxygen atoms in total. The van der Waals surface area contributed by atoms with E-state index in [1.807, 2.05) is 6.92 Å². The highest BCUT2D eigenvalue weighted by Crippen LogP contribution is 2.24. The molecule has 2 unspecified atom stereocenters. The quantitative estimate of drug-likeness (QED) is 0.860. The molecule has 0 aromatic carbocycles. The summed E-state index contributed by atoms with van der Waals surface area (Å²) in [6, 6.07) is 0.699. The molecule has 0 amide bonds. The van der Waals surface area contributed by atoms with Gasteiger partial charge in [-0.05, 0) is 43.7 Å². The van der Waals surface area contributed by atoms with Crippen LogP contribution in [-0.4, -0.2) is 27.6 Å². The third-order valence-corrected chi connectivity index (χ3v) is 3.62. The summed E-state index contributed by atoms with van der Waals surface area (Å²) in [6.45, 7) is 4.72. The van der Waals surface area contributed by atoms with Crippen molar-refractivity contribution in [3.05, 3.63) is 5.28 Å². The normalized spacial score (nSPS) is 23.7. The molecule has 2 rings (SSSR count). The predicted octanol–water partition coefficient (Wildman–Crippen LogP) is 3.30. The van der Waals surface area contributed by atoms with Gasteiger partial charge in [-0.15, -0.1) is 0 Å². The zero-order valence-electron chi connectivity index (χ0n) is 11.5. The molecule has 106 valence electrons. The summed E-state index contributed by atoms with van der Waals surface area (Å²) in [6.07, 6.45) is 6.09. The summed E-state index contributed by atoms with van der Waals surface area (Å²) < 4.78 is 5.27. The van der Waals surface area contributed by atoms with Gasteiger partial charge in [-0.2, -0.15) is 15.0 Å². The molecule has 1 heterocycles. The first kappa shape index (κ1) is 14.3. The van der Waals surface area contributed by atoms with Crippen molar-refractivity contribution in [2.45, 2.75) is 52.0 Å². The molecule has 1 aliphatic rings. The number of halogens is 1. The highest BCUT2D eigenvalue weighted by atomic mass is 35.5. The fourth-order valence-corrected chi connectivity index (χ4v) is 2.56. The zero-order chi connectivity index (χ0) is 13.7. The van der Waals surface area contributed by atoms with Crippen LogP contribution in [0.2, 0.25) is 5.28 Å². The van der Waals surface area contributed by atoms with E-state index in [9.17, 15) is 0 Å². The van der Waals surface area contributed by atoms with E-state index < -0.39 is 0 Å². The van der Waals surface area contributed by atoms with Gasteiger partial charge in [-0.3, -0.25) is 0 Å². The number of ether oxygens (including phenoxy) is 1. The smallest absolute Gasteiger partial charge is 0.322 e. The molecule has 1 aromatic heterocycles. The Bertz CT molecular complexity index is 416. The molecule has 1 aliphatic carbocycles. The fourth-order valence-electron chi connectivity index (χ4n) is 2.40. The summed E-state index contributed by atoms with van der Waals surface area (Å²) in [5, 5.41) is 3.52. The highest BCUT2D eigenvalue weighted by molar-refractivity contribution is 6.28. The standard InChI is InChI=1S/C13H21ClN4O/c1-3-19-13-17-11(14)16-12(18-13)15-10-6-4-5-9(2)7-8-10/h9-10H,3-8H2,1-2H3,(H,15,16,17,18). The van der Waals surface area contributed by atoms with E-state index in [1.165, 1.54) is 19.3 Å².